The molecule has 0 radical (unpaired) electrons. The quantitative estimate of drug-likeness (QED) is 0.774. The predicted octanol–water partition coefficient (Wildman–Crippen LogP) is 1.81. The lowest BCUT2D eigenvalue weighted by Gasteiger charge is -2.56. The van der Waals surface area contributed by atoms with Gasteiger partial charge in [0.15, 0.2) is 17.6 Å². The number of allylic oxidation sites excluding steroid dienone is 1. The number of amides is 1. The maximum atomic E-state index is 12.6. The SMILES string of the molecule is COc1cc(OC(=O)N(C)CCN)c2c3c1O[C@H]1C(O)=CC[C@H]4[C@@H](C2)N(C)CC[C@]314. The second kappa shape index (κ2) is 6.78. The lowest BCUT2D eigenvalue weighted by molar-refractivity contribution is -0.0227. The van der Waals surface area contributed by atoms with E-state index in [0.29, 0.717) is 48.1 Å². The average molecular weight is 415 g/mol. The van der Waals surface area contributed by atoms with Crippen LogP contribution in [0.5, 0.6) is 17.2 Å². The fourth-order valence-corrected chi connectivity index (χ4v) is 6.07. The number of carbonyl (C=O) groups excluding carboxylic acids is 1. The molecule has 4 atom stereocenters. The maximum Gasteiger partial charge on any atom is 0.415 e. The Kier molecular flexibility index (Phi) is 4.41. The largest absolute Gasteiger partial charge is 0.509 e. The smallest absolute Gasteiger partial charge is 0.415 e. The van der Waals surface area contributed by atoms with Crippen molar-refractivity contribution in [2.24, 2.45) is 11.7 Å². The van der Waals surface area contributed by atoms with Crippen molar-refractivity contribution in [2.75, 3.05) is 40.8 Å². The third-order valence-electron chi connectivity index (χ3n) is 7.51. The normalized spacial score (nSPS) is 30.8. The van der Waals surface area contributed by atoms with Crippen molar-refractivity contribution < 1.29 is 24.1 Å². The van der Waals surface area contributed by atoms with Gasteiger partial charge in [-0.2, -0.15) is 0 Å². The molecule has 2 aliphatic heterocycles. The van der Waals surface area contributed by atoms with Gasteiger partial charge in [-0.25, -0.2) is 4.79 Å². The summed E-state index contributed by atoms with van der Waals surface area (Å²) in [6.07, 6.45) is 3.50. The van der Waals surface area contributed by atoms with Gasteiger partial charge in [-0.3, -0.25) is 0 Å². The highest BCUT2D eigenvalue weighted by Crippen LogP contribution is 2.64. The Morgan fingerprint density at radius 3 is 3.00 bits per heavy atom. The van der Waals surface area contributed by atoms with Gasteiger partial charge >= 0.3 is 6.09 Å². The number of nitrogens with zero attached hydrogens (tertiary/aromatic N) is 2. The Morgan fingerprint density at radius 2 is 2.27 bits per heavy atom. The van der Waals surface area contributed by atoms with E-state index < -0.39 is 12.2 Å². The van der Waals surface area contributed by atoms with Gasteiger partial charge in [0.2, 0.25) is 0 Å². The summed E-state index contributed by atoms with van der Waals surface area (Å²) in [4.78, 5) is 16.5. The van der Waals surface area contributed by atoms with Crippen molar-refractivity contribution in [1.82, 2.24) is 9.80 Å². The summed E-state index contributed by atoms with van der Waals surface area (Å²) < 4.78 is 17.8. The minimum Gasteiger partial charge on any atom is -0.509 e. The van der Waals surface area contributed by atoms with Crippen LogP contribution in [-0.4, -0.2) is 74.0 Å². The third kappa shape index (κ3) is 2.43. The van der Waals surface area contributed by atoms with Crippen LogP contribution in [0, 0.1) is 5.92 Å². The predicted molar refractivity (Wildman–Crippen MR) is 110 cm³/mol. The molecule has 1 amide bonds. The minimum absolute atomic E-state index is 0.292. The lowest BCUT2D eigenvalue weighted by atomic mass is 9.53. The van der Waals surface area contributed by atoms with E-state index in [4.69, 9.17) is 19.9 Å². The Balaban J connectivity index is 1.68. The van der Waals surface area contributed by atoms with E-state index in [1.54, 1.807) is 20.2 Å². The van der Waals surface area contributed by atoms with Gasteiger partial charge in [0.05, 0.1) is 7.11 Å². The van der Waals surface area contributed by atoms with E-state index in [1.807, 2.05) is 6.08 Å². The number of rotatable bonds is 4. The van der Waals surface area contributed by atoms with Crippen molar-refractivity contribution in [1.29, 1.82) is 0 Å². The summed E-state index contributed by atoms with van der Waals surface area (Å²) >= 11 is 0. The topological polar surface area (TPSA) is 97.5 Å². The molecule has 162 valence electrons. The molecule has 2 bridgehead atoms. The van der Waals surface area contributed by atoms with Gasteiger partial charge in [-0.1, -0.05) is 0 Å². The van der Waals surface area contributed by atoms with Gasteiger partial charge in [-0.05, 0) is 44.8 Å². The van der Waals surface area contributed by atoms with E-state index in [1.165, 1.54) is 4.90 Å². The Labute approximate surface area is 176 Å². The number of benzene rings is 1. The minimum atomic E-state index is -0.446. The fourth-order valence-electron chi connectivity index (χ4n) is 6.07. The van der Waals surface area contributed by atoms with Crippen LogP contribution in [0.2, 0.25) is 0 Å². The molecule has 4 aliphatic rings. The average Bonchev–Trinajstić information content (AvgIpc) is 3.08. The first-order valence-electron chi connectivity index (χ1n) is 10.6. The van der Waals surface area contributed by atoms with E-state index in [-0.39, 0.29) is 5.41 Å². The molecule has 0 aromatic heterocycles. The van der Waals surface area contributed by atoms with Crippen molar-refractivity contribution in [3.05, 3.63) is 29.0 Å². The van der Waals surface area contributed by atoms with Gasteiger partial charge < -0.3 is 34.9 Å². The van der Waals surface area contributed by atoms with Crippen LogP contribution in [-0.2, 0) is 11.8 Å². The molecule has 0 saturated carbocycles. The first kappa shape index (κ1) is 19.5. The highest BCUT2D eigenvalue weighted by molar-refractivity contribution is 5.74. The van der Waals surface area contributed by atoms with Crippen LogP contribution in [0.4, 0.5) is 4.79 Å². The summed E-state index contributed by atoms with van der Waals surface area (Å²) in [5.41, 5.74) is 7.31. The molecule has 30 heavy (non-hydrogen) atoms. The van der Waals surface area contributed by atoms with Crippen molar-refractivity contribution >= 4 is 6.09 Å². The maximum absolute atomic E-state index is 12.6. The number of piperidine rings is 1. The van der Waals surface area contributed by atoms with Gasteiger partial charge in [0, 0.05) is 48.8 Å². The van der Waals surface area contributed by atoms with Crippen LogP contribution in [0.3, 0.4) is 0 Å². The Hall–Kier alpha value is -2.45. The number of ether oxygens (including phenoxy) is 3. The first-order valence-corrected chi connectivity index (χ1v) is 10.6. The van der Waals surface area contributed by atoms with Crippen molar-refractivity contribution in [3.8, 4) is 17.2 Å². The number of methoxy groups -OCH3 is 1. The number of aliphatic hydroxyl groups excluding tert-OH is 1. The summed E-state index contributed by atoms with van der Waals surface area (Å²) in [6, 6.07) is 2.04. The Morgan fingerprint density at radius 1 is 1.47 bits per heavy atom. The summed E-state index contributed by atoms with van der Waals surface area (Å²) in [6.45, 7) is 1.71. The molecule has 1 spiro atoms. The Bertz CT molecular complexity index is 932. The van der Waals surface area contributed by atoms with E-state index in [9.17, 15) is 9.90 Å². The number of carbonyl (C=O) groups is 1. The molecule has 2 aliphatic carbocycles. The van der Waals surface area contributed by atoms with E-state index >= 15 is 0 Å². The van der Waals surface area contributed by atoms with E-state index in [2.05, 4.69) is 11.9 Å². The molecule has 8 nitrogen and oxygen atoms in total. The molecule has 1 fully saturated rings. The third-order valence-corrected chi connectivity index (χ3v) is 7.51. The van der Waals surface area contributed by atoms with Crippen LogP contribution >= 0.6 is 0 Å². The van der Waals surface area contributed by atoms with Crippen LogP contribution in [0.15, 0.2) is 17.9 Å². The number of aliphatic hydroxyl groups is 1. The molecule has 1 aromatic rings. The fraction of sp³-hybridized carbons (Fsp3) is 0.591. The number of nitrogens with two attached hydrogens (primary N) is 1. The number of hydrogen-bond donors (Lipinski definition) is 2. The highest BCUT2D eigenvalue weighted by atomic mass is 16.6. The molecular formula is C22H29N3O5. The number of hydrogen-bond acceptors (Lipinski definition) is 7. The zero-order valence-electron chi connectivity index (χ0n) is 17.7. The van der Waals surface area contributed by atoms with Crippen LogP contribution in [0.25, 0.3) is 0 Å². The van der Waals surface area contributed by atoms with Gasteiger partial charge in [0.25, 0.3) is 0 Å². The first-order chi connectivity index (χ1) is 14.4. The van der Waals surface area contributed by atoms with Crippen LogP contribution in [0.1, 0.15) is 24.0 Å². The second-order valence-corrected chi connectivity index (χ2v) is 8.85. The zero-order valence-corrected chi connectivity index (χ0v) is 17.7. The van der Waals surface area contributed by atoms with Crippen LogP contribution < -0.4 is 19.9 Å². The standard InChI is InChI=1S/C22H29N3O5/c1-24-8-6-22-13-4-5-15(26)20(22)30-19-17(28-3)11-16(12(18(19)22)10-14(13)24)29-21(27)25(2)9-7-23/h5,11,13-14,20,26H,4,6-10,23H2,1-3H3/t13-,14+,20-,22-/m0/s1. The monoisotopic (exact) mass is 415 g/mol. The summed E-state index contributed by atoms with van der Waals surface area (Å²) in [5, 5.41) is 10.7. The van der Waals surface area contributed by atoms with Gasteiger partial charge in [-0.15, -0.1) is 0 Å². The molecule has 3 N–H and O–H groups in total. The lowest BCUT2D eigenvalue weighted by Crippen LogP contribution is -2.63. The summed E-state index contributed by atoms with van der Waals surface area (Å²) in [5.74, 6) is 2.35. The summed E-state index contributed by atoms with van der Waals surface area (Å²) in [7, 11) is 5.41. The molecule has 2 heterocycles. The molecule has 1 aromatic carbocycles. The van der Waals surface area contributed by atoms with E-state index in [0.717, 1.165) is 36.9 Å². The zero-order chi connectivity index (χ0) is 21.2. The van der Waals surface area contributed by atoms with Gasteiger partial charge in [0.1, 0.15) is 11.5 Å². The van der Waals surface area contributed by atoms with Crippen molar-refractivity contribution in [3.63, 3.8) is 0 Å². The molecule has 5 rings (SSSR count). The molecule has 0 unspecified atom stereocenters. The van der Waals surface area contributed by atoms with Crippen molar-refractivity contribution in [2.45, 2.75) is 36.8 Å². The number of likely N-dealkylation sites (N-methyl/N-ethyl adjacent to an activating group) is 2. The second-order valence-electron chi connectivity index (χ2n) is 8.85. The molecular weight excluding hydrogens is 386 g/mol. The molecule has 1 saturated heterocycles. The highest BCUT2D eigenvalue weighted by Gasteiger charge is 2.65. The molecule has 8 heteroatoms. The number of likely N-dealkylation sites (tertiary alicyclic amines) is 1.